The van der Waals surface area contributed by atoms with Crippen LogP contribution in [-0.2, 0) is 9.53 Å². The third kappa shape index (κ3) is 1.74. The molecule has 0 radical (unpaired) electrons. The van der Waals surface area contributed by atoms with Crippen molar-refractivity contribution in [2.24, 2.45) is 0 Å². The number of rotatable bonds is 1. The van der Waals surface area contributed by atoms with Crippen LogP contribution in [0.1, 0.15) is 28.8 Å². The van der Waals surface area contributed by atoms with Gasteiger partial charge in [0.05, 0.1) is 18.6 Å². The van der Waals surface area contributed by atoms with Crippen LogP contribution in [0.4, 0.5) is 5.69 Å². The Bertz CT molecular complexity index is 513. The molecule has 2 rings (SSSR count). The Kier molecular flexibility index (Phi) is 2.95. The van der Waals surface area contributed by atoms with Gasteiger partial charge in [-0.15, -0.1) is 0 Å². The van der Waals surface area contributed by atoms with Crippen molar-refractivity contribution in [2.75, 3.05) is 19.1 Å². The van der Waals surface area contributed by atoms with E-state index in [1.165, 1.54) is 7.11 Å². The van der Waals surface area contributed by atoms with Gasteiger partial charge in [0, 0.05) is 22.8 Å². The van der Waals surface area contributed by atoms with E-state index >= 15 is 0 Å². The molecule has 1 aromatic carbocycles. The van der Waals surface area contributed by atoms with Crippen molar-refractivity contribution in [3.8, 4) is 0 Å². The monoisotopic (exact) mass is 297 g/mol. The quantitative estimate of drug-likeness (QED) is 0.748. The number of amides is 1. The number of carbonyl (C=O) groups is 2. The molecule has 0 aromatic heterocycles. The second-order valence-electron chi connectivity index (χ2n) is 4.00. The average molecular weight is 298 g/mol. The molecule has 0 fully saturated rings. The zero-order chi connectivity index (χ0) is 12.7. The van der Waals surface area contributed by atoms with Crippen LogP contribution in [0.5, 0.6) is 0 Å². The van der Waals surface area contributed by atoms with Gasteiger partial charge in [0.25, 0.3) is 0 Å². The predicted molar refractivity (Wildman–Crippen MR) is 67.3 cm³/mol. The van der Waals surface area contributed by atoms with E-state index in [1.807, 2.05) is 6.07 Å². The number of fused-ring (bicyclic) bond motifs is 1. The van der Waals surface area contributed by atoms with Gasteiger partial charge in [-0.25, -0.2) is 4.79 Å². The summed E-state index contributed by atoms with van der Waals surface area (Å²) < 4.78 is 5.50. The number of nitrogens with zero attached hydrogens (tertiary/aromatic N) is 1. The van der Waals surface area contributed by atoms with Gasteiger partial charge in [-0.05, 0) is 19.1 Å². The summed E-state index contributed by atoms with van der Waals surface area (Å²) in [5.74, 6) is -0.738. The molecule has 0 aliphatic carbocycles. The van der Waals surface area contributed by atoms with E-state index in [0.29, 0.717) is 5.56 Å². The van der Waals surface area contributed by atoms with E-state index in [-0.39, 0.29) is 11.8 Å². The highest BCUT2D eigenvalue weighted by molar-refractivity contribution is 9.10. The van der Waals surface area contributed by atoms with E-state index in [2.05, 4.69) is 15.9 Å². The molecular weight excluding hydrogens is 286 g/mol. The number of likely N-dealkylation sites (N-methyl/N-ethyl adjacent to an activating group) is 1. The maximum absolute atomic E-state index is 11.9. The molecule has 1 unspecified atom stereocenters. The van der Waals surface area contributed by atoms with Crippen LogP contribution in [0.2, 0.25) is 0 Å². The van der Waals surface area contributed by atoms with Crippen molar-refractivity contribution >= 4 is 33.5 Å². The number of carbonyl (C=O) groups excluding carboxylic acids is 2. The fourth-order valence-corrected chi connectivity index (χ4v) is 2.59. The Morgan fingerprint density at radius 2 is 2.12 bits per heavy atom. The molecule has 17 heavy (non-hydrogen) atoms. The predicted octanol–water partition coefficient (Wildman–Crippen LogP) is 2.32. The van der Waals surface area contributed by atoms with Gasteiger partial charge >= 0.3 is 5.97 Å². The first-order valence-electron chi connectivity index (χ1n) is 5.16. The molecule has 0 saturated carbocycles. The second kappa shape index (κ2) is 4.14. The summed E-state index contributed by atoms with van der Waals surface area (Å²) in [6.45, 7) is 1.80. The topological polar surface area (TPSA) is 46.6 Å². The highest BCUT2D eigenvalue weighted by Gasteiger charge is 2.36. The molecule has 1 aromatic rings. The lowest BCUT2D eigenvalue weighted by molar-refractivity contribution is -0.118. The minimum atomic E-state index is -0.419. The lowest BCUT2D eigenvalue weighted by atomic mass is 9.97. The average Bonchev–Trinajstić information content (AvgIpc) is 2.53. The first-order chi connectivity index (χ1) is 7.97. The first kappa shape index (κ1) is 12.1. The van der Waals surface area contributed by atoms with Crippen molar-refractivity contribution in [1.29, 1.82) is 0 Å². The third-order valence-corrected chi connectivity index (χ3v) is 3.48. The van der Waals surface area contributed by atoms with Gasteiger partial charge < -0.3 is 9.64 Å². The molecule has 90 valence electrons. The molecule has 0 bridgehead atoms. The molecule has 1 atom stereocenters. The fraction of sp³-hybridized carbons (Fsp3) is 0.333. The molecule has 0 saturated heterocycles. The van der Waals surface area contributed by atoms with Crippen LogP contribution >= 0.6 is 15.9 Å². The molecule has 0 spiro atoms. The Hall–Kier alpha value is -1.36. The molecule has 1 amide bonds. The van der Waals surface area contributed by atoms with Gasteiger partial charge in [0.15, 0.2) is 0 Å². The molecule has 0 N–H and O–H groups in total. The Morgan fingerprint density at radius 1 is 1.47 bits per heavy atom. The van der Waals surface area contributed by atoms with Crippen molar-refractivity contribution in [1.82, 2.24) is 0 Å². The number of hydrogen-bond acceptors (Lipinski definition) is 3. The maximum Gasteiger partial charge on any atom is 0.338 e. The Labute approximate surface area is 108 Å². The zero-order valence-corrected chi connectivity index (χ0v) is 11.4. The van der Waals surface area contributed by atoms with E-state index in [1.54, 1.807) is 24.9 Å². The largest absolute Gasteiger partial charge is 0.465 e. The number of anilines is 1. The second-order valence-corrected chi connectivity index (χ2v) is 4.91. The Morgan fingerprint density at radius 3 is 2.71 bits per heavy atom. The Balaban J connectivity index is 2.69. The van der Waals surface area contributed by atoms with Gasteiger partial charge in [-0.3, -0.25) is 4.79 Å². The standard InChI is InChI=1S/C12H12BrNO3/c1-6-10-8(12(16)17-3)4-7(13)5-9(10)14(2)11(6)15/h4-6H,1-3H3. The number of methoxy groups -OCH3 is 1. The van der Waals surface area contributed by atoms with Crippen LogP contribution in [0.15, 0.2) is 16.6 Å². The summed E-state index contributed by atoms with van der Waals surface area (Å²) in [5.41, 5.74) is 1.95. The third-order valence-electron chi connectivity index (χ3n) is 3.02. The van der Waals surface area contributed by atoms with Crippen LogP contribution in [0, 0.1) is 0 Å². The summed E-state index contributed by atoms with van der Waals surface area (Å²) >= 11 is 3.33. The number of hydrogen-bond donors (Lipinski definition) is 0. The van der Waals surface area contributed by atoms with Crippen LogP contribution in [0.25, 0.3) is 0 Å². The van der Waals surface area contributed by atoms with Crippen molar-refractivity contribution in [3.05, 3.63) is 27.7 Å². The van der Waals surface area contributed by atoms with Crippen molar-refractivity contribution < 1.29 is 14.3 Å². The smallest absolute Gasteiger partial charge is 0.338 e. The van der Waals surface area contributed by atoms with E-state index < -0.39 is 5.97 Å². The summed E-state index contributed by atoms with van der Waals surface area (Å²) in [6.07, 6.45) is 0. The van der Waals surface area contributed by atoms with Gasteiger partial charge in [0.1, 0.15) is 0 Å². The van der Waals surface area contributed by atoms with Crippen LogP contribution in [0.3, 0.4) is 0 Å². The number of esters is 1. The molecule has 5 heteroatoms. The summed E-state index contributed by atoms with van der Waals surface area (Å²) in [7, 11) is 3.04. The van der Waals surface area contributed by atoms with Crippen LogP contribution in [-0.4, -0.2) is 26.0 Å². The summed E-state index contributed by atoms with van der Waals surface area (Å²) in [5, 5.41) is 0. The molecule has 1 aliphatic heterocycles. The minimum absolute atomic E-state index is 0.0109. The SMILES string of the molecule is COC(=O)c1cc(Br)cc2c1C(C)C(=O)N2C. The highest BCUT2D eigenvalue weighted by atomic mass is 79.9. The van der Waals surface area contributed by atoms with Crippen molar-refractivity contribution in [2.45, 2.75) is 12.8 Å². The van der Waals surface area contributed by atoms with E-state index in [9.17, 15) is 9.59 Å². The summed E-state index contributed by atoms with van der Waals surface area (Å²) in [6, 6.07) is 3.52. The minimum Gasteiger partial charge on any atom is -0.465 e. The fourth-order valence-electron chi connectivity index (χ4n) is 2.15. The molecule has 4 nitrogen and oxygen atoms in total. The summed E-state index contributed by atoms with van der Waals surface area (Å²) in [4.78, 5) is 25.2. The van der Waals surface area contributed by atoms with Gasteiger partial charge in [0.2, 0.25) is 5.91 Å². The first-order valence-corrected chi connectivity index (χ1v) is 5.96. The van der Waals surface area contributed by atoms with E-state index in [4.69, 9.17) is 4.74 Å². The zero-order valence-electron chi connectivity index (χ0n) is 9.78. The van der Waals surface area contributed by atoms with Gasteiger partial charge in [-0.2, -0.15) is 0 Å². The number of ether oxygens (including phenoxy) is 1. The molecule has 1 heterocycles. The molecule has 1 aliphatic rings. The van der Waals surface area contributed by atoms with E-state index in [0.717, 1.165) is 15.7 Å². The van der Waals surface area contributed by atoms with Gasteiger partial charge in [-0.1, -0.05) is 15.9 Å². The number of halogens is 1. The lowest BCUT2D eigenvalue weighted by Crippen LogP contribution is -2.22. The van der Waals surface area contributed by atoms with Crippen molar-refractivity contribution in [3.63, 3.8) is 0 Å². The number of benzene rings is 1. The normalized spacial score (nSPS) is 18.2. The highest BCUT2D eigenvalue weighted by Crippen LogP contribution is 2.40. The molecular formula is C12H12BrNO3. The lowest BCUT2D eigenvalue weighted by Gasteiger charge is -2.11. The van der Waals surface area contributed by atoms with Crippen LogP contribution < -0.4 is 4.90 Å². The maximum atomic E-state index is 11.9.